The van der Waals surface area contributed by atoms with E-state index in [-0.39, 0.29) is 11.9 Å². The second-order valence-electron chi connectivity index (χ2n) is 6.95. The highest BCUT2D eigenvalue weighted by Gasteiger charge is 2.26. The largest absolute Gasteiger partial charge is 0.449 e. The molecular weight excluding hydrogens is 334 g/mol. The van der Waals surface area contributed by atoms with Gasteiger partial charge in [0, 0.05) is 23.5 Å². The van der Waals surface area contributed by atoms with Gasteiger partial charge in [-0.3, -0.25) is 9.36 Å². The van der Waals surface area contributed by atoms with Gasteiger partial charge in [-0.1, -0.05) is 18.0 Å². The van der Waals surface area contributed by atoms with Gasteiger partial charge in [-0.15, -0.1) is 0 Å². The Labute approximate surface area is 152 Å². The summed E-state index contributed by atoms with van der Waals surface area (Å²) in [6.45, 7) is 7.10. The Balaban J connectivity index is 1.70. The molecule has 140 valence electrons. The molecular formula is C19H25N3O4. The van der Waals surface area contributed by atoms with Crippen molar-refractivity contribution in [3.05, 3.63) is 34.8 Å². The van der Waals surface area contributed by atoms with Crippen molar-refractivity contribution >= 4 is 11.9 Å². The molecule has 1 N–H and O–H groups in total. The first-order valence-electron chi connectivity index (χ1n) is 9.01. The maximum Gasteiger partial charge on any atom is 0.340 e. The molecule has 3 rings (SSSR count). The average Bonchev–Trinajstić information content (AvgIpc) is 3.29. The minimum absolute atomic E-state index is 0.198. The molecule has 2 aromatic rings. The zero-order chi connectivity index (χ0) is 18.8. The van der Waals surface area contributed by atoms with Crippen LogP contribution in [0.15, 0.2) is 16.7 Å². The molecule has 1 aliphatic rings. The van der Waals surface area contributed by atoms with E-state index in [1.165, 1.54) is 0 Å². The van der Waals surface area contributed by atoms with Gasteiger partial charge in [-0.2, -0.15) is 0 Å². The van der Waals surface area contributed by atoms with Crippen LogP contribution in [0.1, 0.15) is 60.1 Å². The minimum atomic E-state index is -0.833. The highest BCUT2D eigenvalue weighted by molar-refractivity contribution is 5.93. The number of amides is 1. The topological polar surface area (TPSA) is 86.4 Å². The first-order chi connectivity index (χ1) is 12.4. The third-order valence-electron chi connectivity index (χ3n) is 4.85. The van der Waals surface area contributed by atoms with Gasteiger partial charge >= 0.3 is 5.97 Å². The van der Waals surface area contributed by atoms with Crippen molar-refractivity contribution in [2.45, 2.75) is 65.5 Å². The van der Waals surface area contributed by atoms with E-state index in [4.69, 9.17) is 9.26 Å². The van der Waals surface area contributed by atoms with Crippen LogP contribution < -0.4 is 5.32 Å². The Morgan fingerprint density at radius 2 is 1.96 bits per heavy atom. The predicted molar refractivity (Wildman–Crippen MR) is 95.3 cm³/mol. The van der Waals surface area contributed by atoms with Crippen LogP contribution in [0, 0.1) is 20.8 Å². The highest BCUT2D eigenvalue weighted by atomic mass is 16.5. The Morgan fingerprint density at radius 3 is 2.58 bits per heavy atom. The fourth-order valence-electron chi connectivity index (χ4n) is 3.45. The Morgan fingerprint density at radius 1 is 1.27 bits per heavy atom. The van der Waals surface area contributed by atoms with Crippen LogP contribution in [0.25, 0.3) is 5.82 Å². The van der Waals surface area contributed by atoms with E-state index < -0.39 is 12.1 Å². The second-order valence-corrected chi connectivity index (χ2v) is 6.95. The van der Waals surface area contributed by atoms with Crippen LogP contribution in [-0.4, -0.2) is 33.7 Å². The van der Waals surface area contributed by atoms with Crippen LogP contribution in [-0.2, 0) is 9.53 Å². The molecule has 2 heterocycles. The summed E-state index contributed by atoms with van der Waals surface area (Å²) >= 11 is 0. The SMILES string of the molecule is Cc1cc(-n2c(C)cc(C(=O)O[C@@H](C)C(=O)NC3CCCC3)c2C)no1. The van der Waals surface area contributed by atoms with Gasteiger partial charge in [0.2, 0.25) is 0 Å². The Bertz CT molecular complexity index is 815. The third kappa shape index (κ3) is 3.66. The van der Waals surface area contributed by atoms with Crippen molar-refractivity contribution in [1.82, 2.24) is 15.0 Å². The van der Waals surface area contributed by atoms with E-state index in [1.54, 1.807) is 19.1 Å². The fraction of sp³-hybridized carbons (Fsp3) is 0.526. The number of nitrogens with one attached hydrogen (secondary N) is 1. The van der Waals surface area contributed by atoms with Crippen LogP contribution in [0.4, 0.5) is 0 Å². The summed E-state index contributed by atoms with van der Waals surface area (Å²) < 4.78 is 12.3. The lowest BCUT2D eigenvalue weighted by molar-refractivity contribution is -0.129. The van der Waals surface area contributed by atoms with Crippen LogP contribution in [0.5, 0.6) is 0 Å². The Kier molecular flexibility index (Phi) is 5.15. The van der Waals surface area contributed by atoms with Crippen LogP contribution >= 0.6 is 0 Å². The van der Waals surface area contributed by atoms with Crippen molar-refractivity contribution in [2.75, 3.05) is 0 Å². The molecule has 26 heavy (non-hydrogen) atoms. The van der Waals surface area contributed by atoms with E-state index in [0.717, 1.165) is 31.4 Å². The number of aryl methyl sites for hydroxylation is 2. The maximum atomic E-state index is 12.6. The first-order valence-corrected chi connectivity index (χ1v) is 9.01. The number of ether oxygens (including phenoxy) is 1. The second kappa shape index (κ2) is 7.35. The van der Waals surface area contributed by atoms with Crippen molar-refractivity contribution in [2.24, 2.45) is 0 Å². The van der Waals surface area contributed by atoms with Crippen LogP contribution in [0.2, 0.25) is 0 Å². The zero-order valence-corrected chi connectivity index (χ0v) is 15.7. The third-order valence-corrected chi connectivity index (χ3v) is 4.85. The van der Waals surface area contributed by atoms with Gasteiger partial charge in [0.15, 0.2) is 11.9 Å². The van der Waals surface area contributed by atoms with Gasteiger partial charge < -0.3 is 14.6 Å². The first kappa shape index (κ1) is 18.2. The lowest BCUT2D eigenvalue weighted by Gasteiger charge is -2.17. The predicted octanol–water partition coefficient (Wildman–Crippen LogP) is 2.99. The van der Waals surface area contributed by atoms with Gasteiger partial charge in [0.1, 0.15) is 5.76 Å². The normalized spacial score (nSPS) is 15.8. The number of hydrogen-bond acceptors (Lipinski definition) is 5. The lowest BCUT2D eigenvalue weighted by atomic mass is 10.2. The summed E-state index contributed by atoms with van der Waals surface area (Å²) in [7, 11) is 0. The Hall–Kier alpha value is -2.57. The molecule has 0 radical (unpaired) electrons. The molecule has 1 amide bonds. The summed E-state index contributed by atoms with van der Waals surface area (Å²) in [6, 6.07) is 3.74. The molecule has 1 fully saturated rings. The number of nitrogens with zero attached hydrogens (tertiary/aromatic N) is 2. The number of esters is 1. The smallest absolute Gasteiger partial charge is 0.340 e. The average molecular weight is 359 g/mol. The monoisotopic (exact) mass is 359 g/mol. The van der Waals surface area contributed by atoms with Crippen LogP contribution in [0.3, 0.4) is 0 Å². The molecule has 0 bridgehead atoms. The molecule has 2 aromatic heterocycles. The molecule has 0 unspecified atom stereocenters. The van der Waals surface area contributed by atoms with Gasteiger partial charge in [0.05, 0.1) is 5.56 Å². The molecule has 7 heteroatoms. The molecule has 1 atom stereocenters. The van der Waals surface area contributed by atoms with Gasteiger partial charge in [0.25, 0.3) is 5.91 Å². The number of carbonyl (C=O) groups is 2. The van der Waals surface area contributed by atoms with Crippen molar-refractivity contribution in [3.63, 3.8) is 0 Å². The lowest BCUT2D eigenvalue weighted by Crippen LogP contribution is -2.40. The summed E-state index contributed by atoms with van der Waals surface area (Å²) in [4.78, 5) is 24.8. The number of aromatic nitrogens is 2. The molecule has 1 aliphatic carbocycles. The van der Waals surface area contributed by atoms with E-state index in [9.17, 15) is 9.59 Å². The molecule has 0 aliphatic heterocycles. The van der Waals surface area contributed by atoms with E-state index in [1.807, 2.05) is 25.3 Å². The van der Waals surface area contributed by atoms with Crippen molar-refractivity contribution in [1.29, 1.82) is 0 Å². The van der Waals surface area contributed by atoms with E-state index in [2.05, 4.69) is 10.5 Å². The quantitative estimate of drug-likeness (QED) is 0.830. The zero-order valence-electron chi connectivity index (χ0n) is 15.7. The standard InChI is InChI=1S/C19H25N3O4/c1-11-9-16(13(3)22(11)17-10-12(2)26-21-17)19(24)25-14(4)18(23)20-15-7-5-6-8-15/h9-10,14-15H,5-8H2,1-4H3,(H,20,23)/t14-/m0/s1. The summed E-state index contributed by atoms with van der Waals surface area (Å²) in [6.07, 6.45) is 3.41. The number of hydrogen-bond donors (Lipinski definition) is 1. The summed E-state index contributed by atoms with van der Waals surface area (Å²) in [5.74, 6) is 0.544. The van der Waals surface area contributed by atoms with E-state index in [0.29, 0.717) is 22.8 Å². The molecule has 7 nitrogen and oxygen atoms in total. The molecule has 1 saturated carbocycles. The number of carbonyl (C=O) groups excluding carboxylic acids is 2. The van der Waals surface area contributed by atoms with Crippen molar-refractivity contribution in [3.8, 4) is 5.82 Å². The highest BCUT2D eigenvalue weighted by Crippen LogP contribution is 2.22. The summed E-state index contributed by atoms with van der Waals surface area (Å²) in [5.41, 5.74) is 1.96. The number of rotatable bonds is 5. The van der Waals surface area contributed by atoms with Crippen molar-refractivity contribution < 1.29 is 18.8 Å². The summed E-state index contributed by atoms with van der Waals surface area (Å²) in [5, 5.41) is 6.95. The molecule has 0 saturated heterocycles. The maximum absolute atomic E-state index is 12.6. The molecule has 0 spiro atoms. The van der Waals surface area contributed by atoms with E-state index >= 15 is 0 Å². The minimum Gasteiger partial charge on any atom is -0.449 e. The molecule has 0 aromatic carbocycles. The van der Waals surface area contributed by atoms with Gasteiger partial charge in [-0.05, 0) is 46.6 Å². The fourth-order valence-corrected chi connectivity index (χ4v) is 3.45. The van der Waals surface area contributed by atoms with Gasteiger partial charge in [-0.25, -0.2) is 4.79 Å².